The van der Waals surface area contributed by atoms with E-state index in [1.165, 1.54) is 6.33 Å². The van der Waals surface area contributed by atoms with Gasteiger partial charge in [0.15, 0.2) is 0 Å². The van der Waals surface area contributed by atoms with E-state index in [4.69, 9.17) is 11.6 Å². The molecule has 0 spiro atoms. The van der Waals surface area contributed by atoms with Crippen molar-refractivity contribution in [3.63, 3.8) is 0 Å². The molecule has 0 saturated heterocycles. The van der Waals surface area contributed by atoms with Gasteiger partial charge in [-0.15, -0.1) is 11.6 Å². The molecule has 0 aromatic carbocycles. The highest BCUT2D eigenvalue weighted by atomic mass is 35.5. The molecule has 0 amide bonds. The number of hydrogen-bond acceptors (Lipinski definition) is 3. The molecular formula is C10H16ClN3O2. The fourth-order valence-corrected chi connectivity index (χ4v) is 1.45. The summed E-state index contributed by atoms with van der Waals surface area (Å²) in [6.45, 7) is 6.02. The summed E-state index contributed by atoms with van der Waals surface area (Å²) in [4.78, 5) is 14.0. The first-order chi connectivity index (χ1) is 7.23. The Balaban J connectivity index is 2.97. The van der Waals surface area contributed by atoms with Crippen molar-refractivity contribution in [3.05, 3.63) is 22.1 Å². The number of halogens is 1. The fourth-order valence-electron chi connectivity index (χ4n) is 1.31. The summed E-state index contributed by atoms with van der Waals surface area (Å²) in [5, 5.41) is 10.6. The van der Waals surface area contributed by atoms with E-state index in [9.17, 15) is 10.1 Å². The van der Waals surface area contributed by atoms with Gasteiger partial charge in [0.05, 0.1) is 0 Å². The lowest BCUT2D eigenvalue weighted by Gasteiger charge is -2.24. The van der Waals surface area contributed by atoms with E-state index in [0.717, 1.165) is 0 Å². The minimum atomic E-state index is -0.471. The fraction of sp³-hybridized carbons (Fsp3) is 0.700. The van der Waals surface area contributed by atoms with Crippen molar-refractivity contribution in [1.29, 1.82) is 0 Å². The van der Waals surface area contributed by atoms with Crippen molar-refractivity contribution < 1.29 is 4.92 Å². The highest BCUT2D eigenvalue weighted by Gasteiger charge is 2.28. The second-order valence-electron chi connectivity index (χ2n) is 4.92. The first-order valence-electron chi connectivity index (χ1n) is 5.02. The first kappa shape index (κ1) is 13.0. The van der Waals surface area contributed by atoms with E-state index in [-0.39, 0.29) is 16.6 Å². The molecule has 0 aliphatic carbocycles. The third-order valence-corrected chi connectivity index (χ3v) is 3.33. The lowest BCUT2D eigenvalue weighted by molar-refractivity contribution is -0.390. The van der Waals surface area contributed by atoms with Crippen molar-refractivity contribution in [1.82, 2.24) is 9.55 Å². The third kappa shape index (κ3) is 2.72. The standard InChI is InChI=1S/C10H16ClN3O2/c1-10(2,3)8(11)5-7-9(14(15)16)12-6-13(7)4/h6,8H,5H2,1-4H3. The quantitative estimate of drug-likeness (QED) is 0.467. The summed E-state index contributed by atoms with van der Waals surface area (Å²) in [5.41, 5.74) is 0.472. The monoisotopic (exact) mass is 245 g/mol. The van der Waals surface area contributed by atoms with Gasteiger partial charge >= 0.3 is 5.82 Å². The molecule has 0 fully saturated rings. The van der Waals surface area contributed by atoms with Crippen LogP contribution < -0.4 is 0 Å². The Morgan fingerprint density at radius 1 is 1.62 bits per heavy atom. The first-order valence-corrected chi connectivity index (χ1v) is 5.45. The van der Waals surface area contributed by atoms with Gasteiger partial charge in [-0.1, -0.05) is 20.8 Å². The Hall–Kier alpha value is -1.10. The molecule has 0 aliphatic rings. The number of imidazole rings is 1. The van der Waals surface area contributed by atoms with Crippen LogP contribution in [0.4, 0.5) is 5.82 Å². The van der Waals surface area contributed by atoms with Gasteiger partial charge in [-0.2, -0.15) is 0 Å². The third-order valence-electron chi connectivity index (χ3n) is 2.52. The zero-order valence-electron chi connectivity index (χ0n) is 9.90. The Kier molecular flexibility index (Phi) is 3.57. The number of aryl methyl sites for hydroxylation is 1. The van der Waals surface area contributed by atoms with Crippen LogP contribution in [0.25, 0.3) is 0 Å². The number of aromatic nitrogens is 2. The van der Waals surface area contributed by atoms with Crippen molar-refractivity contribution >= 4 is 17.4 Å². The summed E-state index contributed by atoms with van der Waals surface area (Å²) < 4.78 is 1.65. The molecular weight excluding hydrogens is 230 g/mol. The van der Waals surface area contributed by atoms with Crippen LogP contribution in [0, 0.1) is 15.5 Å². The molecule has 1 aromatic heterocycles. The number of hydrogen-bond donors (Lipinski definition) is 0. The molecule has 1 unspecified atom stereocenters. The van der Waals surface area contributed by atoms with Crippen molar-refractivity contribution in [2.45, 2.75) is 32.6 Å². The second kappa shape index (κ2) is 4.41. The topological polar surface area (TPSA) is 61.0 Å². The maximum Gasteiger partial charge on any atom is 0.384 e. The van der Waals surface area contributed by atoms with Crippen LogP contribution in [0.2, 0.25) is 0 Å². The Morgan fingerprint density at radius 2 is 2.19 bits per heavy atom. The largest absolute Gasteiger partial charge is 0.384 e. The Labute approximate surface area is 99.6 Å². The molecule has 0 aliphatic heterocycles. The van der Waals surface area contributed by atoms with Gasteiger partial charge in [-0.3, -0.25) is 0 Å². The zero-order chi connectivity index (χ0) is 12.5. The van der Waals surface area contributed by atoms with Crippen LogP contribution in [0.15, 0.2) is 6.33 Å². The van der Waals surface area contributed by atoms with Crippen LogP contribution in [-0.4, -0.2) is 19.9 Å². The van der Waals surface area contributed by atoms with E-state index >= 15 is 0 Å². The number of nitro groups is 1. The SMILES string of the molecule is Cn1cnc([N+](=O)[O-])c1CC(Cl)C(C)(C)C. The molecule has 0 radical (unpaired) electrons. The van der Waals surface area contributed by atoms with Crippen LogP contribution in [0.1, 0.15) is 26.5 Å². The van der Waals surface area contributed by atoms with E-state index in [1.54, 1.807) is 11.6 Å². The smallest absolute Gasteiger partial charge is 0.358 e. The maximum absolute atomic E-state index is 10.8. The number of rotatable bonds is 3. The summed E-state index contributed by atoms with van der Waals surface area (Å²) in [7, 11) is 1.74. The summed E-state index contributed by atoms with van der Waals surface area (Å²) in [6, 6.07) is 0. The minimum absolute atomic E-state index is 0.0975. The van der Waals surface area contributed by atoms with E-state index in [2.05, 4.69) is 4.98 Å². The minimum Gasteiger partial charge on any atom is -0.358 e. The predicted molar refractivity (Wildman–Crippen MR) is 62.7 cm³/mol. The van der Waals surface area contributed by atoms with Gasteiger partial charge in [0.25, 0.3) is 0 Å². The average molecular weight is 246 g/mol. The predicted octanol–water partition coefficient (Wildman–Crippen LogP) is 2.52. The van der Waals surface area contributed by atoms with Gasteiger partial charge in [0.2, 0.25) is 6.33 Å². The maximum atomic E-state index is 10.8. The molecule has 90 valence electrons. The Morgan fingerprint density at radius 3 is 2.62 bits per heavy atom. The molecule has 0 saturated carbocycles. The molecule has 1 heterocycles. The molecule has 0 bridgehead atoms. The molecule has 6 heteroatoms. The number of alkyl halides is 1. The molecule has 0 N–H and O–H groups in total. The number of nitrogens with zero attached hydrogens (tertiary/aromatic N) is 3. The van der Waals surface area contributed by atoms with Gasteiger partial charge in [0.1, 0.15) is 5.69 Å². The van der Waals surface area contributed by atoms with Crippen LogP contribution in [0.3, 0.4) is 0 Å². The lowest BCUT2D eigenvalue weighted by Crippen LogP contribution is -2.24. The molecule has 1 atom stereocenters. The van der Waals surface area contributed by atoms with Crippen molar-refractivity contribution in [2.75, 3.05) is 0 Å². The molecule has 1 rings (SSSR count). The van der Waals surface area contributed by atoms with Crippen molar-refractivity contribution in [2.24, 2.45) is 12.5 Å². The molecule has 1 aromatic rings. The van der Waals surface area contributed by atoms with Gasteiger partial charge < -0.3 is 14.7 Å². The van der Waals surface area contributed by atoms with Crippen LogP contribution in [-0.2, 0) is 13.5 Å². The van der Waals surface area contributed by atoms with Gasteiger partial charge in [-0.05, 0) is 15.3 Å². The zero-order valence-corrected chi connectivity index (χ0v) is 10.7. The van der Waals surface area contributed by atoms with Crippen LogP contribution in [0.5, 0.6) is 0 Å². The highest BCUT2D eigenvalue weighted by Crippen LogP contribution is 2.29. The van der Waals surface area contributed by atoms with E-state index in [1.807, 2.05) is 20.8 Å². The van der Waals surface area contributed by atoms with Gasteiger partial charge in [0, 0.05) is 18.8 Å². The molecule has 5 nitrogen and oxygen atoms in total. The van der Waals surface area contributed by atoms with Crippen molar-refractivity contribution in [3.8, 4) is 0 Å². The highest BCUT2D eigenvalue weighted by molar-refractivity contribution is 6.21. The Bertz CT molecular complexity index is 395. The van der Waals surface area contributed by atoms with Gasteiger partial charge in [-0.25, -0.2) is 0 Å². The van der Waals surface area contributed by atoms with E-state index < -0.39 is 4.92 Å². The van der Waals surface area contributed by atoms with Crippen LogP contribution >= 0.6 is 11.6 Å². The summed E-state index contributed by atoms with van der Waals surface area (Å²) >= 11 is 6.23. The summed E-state index contributed by atoms with van der Waals surface area (Å²) in [5.74, 6) is -0.0996. The second-order valence-corrected chi connectivity index (χ2v) is 5.45. The normalized spacial score (nSPS) is 13.8. The van der Waals surface area contributed by atoms with E-state index in [0.29, 0.717) is 12.1 Å². The molecule has 16 heavy (non-hydrogen) atoms. The summed E-state index contributed by atoms with van der Waals surface area (Å²) in [6.07, 6.45) is 1.89. The average Bonchev–Trinajstić information content (AvgIpc) is 2.46. The lowest BCUT2D eigenvalue weighted by atomic mass is 9.89.